The predicted octanol–water partition coefficient (Wildman–Crippen LogP) is 2.37. The van der Waals surface area contributed by atoms with Crippen molar-refractivity contribution in [3.63, 3.8) is 0 Å². The van der Waals surface area contributed by atoms with Gasteiger partial charge in [-0.25, -0.2) is 9.97 Å². The molecule has 3 fully saturated rings. The highest BCUT2D eigenvalue weighted by atomic mass is 16.5. The monoisotopic (exact) mass is 387 g/mol. The maximum Gasteiger partial charge on any atom is 0.225 e. The Morgan fingerprint density at radius 3 is 2.18 bits per heavy atom. The van der Waals surface area contributed by atoms with Gasteiger partial charge in [0.2, 0.25) is 11.9 Å². The van der Waals surface area contributed by atoms with Gasteiger partial charge in [0.15, 0.2) is 0 Å². The van der Waals surface area contributed by atoms with Crippen LogP contribution in [-0.2, 0) is 9.53 Å². The molecule has 0 unspecified atom stereocenters. The van der Waals surface area contributed by atoms with E-state index in [-0.39, 0.29) is 11.8 Å². The van der Waals surface area contributed by atoms with Gasteiger partial charge >= 0.3 is 0 Å². The zero-order valence-corrected chi connectivity index (χ0v) is 16.8. The third kappa shape index (κ3) is 4.93. The number of ether oxygens (including phenoxy) is 1. The Labute approximate surface area is 167 Å². The van der Waals surface area contributed by atoms with Crippen molar-refractivity contribution in [3.05, 3.63) is 12.4 Å². The van der Waals surface area contributed by atoms with Crippen molar-refractivity contribution in [2.24, 2.45) is 5.92 Å². The smallest absolute Gasteiger partial charge is 0.225 e. The molecule has 3 aliphatic rings. The lowest BCUT2D eigenvalue weighted by Gasteiger charge is -2.33. The molecule has 1 aromatic heterocycles. The zero-order valence-electron chi connectivity index (χ0n) is 16.8. The Bertz CT molecular complexity index is 616. The van der Waals surface area contributed by atoms with Gasteiger partial charge in [-0.2, -0.15) is 0 Å². The summed E-state index contributed by atoms with van der Waals surface area (Å²) in [4.78, 5) is 26.3. The van der Waals surface area contributed by atoms with Gasteiger partial charge in [0, 0.05) is 38.1 Å². The maximum absolute atomic E-state index is 12.7. The molecule has 1 saturated carbocycles. The van der Waals surface area contributed by atoms with Crippen molar-refractivity contribution >= 4 is 17.5 Å². The fourth-order valence-electron chi connectivity index (χ4n) is 4.55. The van der Waals surface area contributed by atoms with Crippen LogP contribution in [-0.4, -0.2) is 61.3 Å². The molecule has 0 spiro atoms. The van der Waals surface area contributed by atoms with Crippen LogP contribution in [0.1, 0.15) is 51.4 Å². The minimum atomic E-state index is 0.146. The minimum Gasteiger partial charge on any atom is -0.378 e. The number of nitrogens with zero attached hydrogens (tertiary/aromatic N) is 4. The number of amides is 1. The predicted molar refractivity (Wildman–Crippen MR) is 110 cm³/mol. The molecule has 1 aliphatic carbocycles. The van der Waals surface area contributed by atoms with Gasteiger partial charge in [0.1, 0.15) is 0 Å². The van der Waals surface area contributed by atoms with Gasteiger partial charge in [-0.15, -0.1) is 0 Å². The van der Waals surface area contributed by atoms with Crippen molar-refractivity contribution < 1.29 is 9.53 Å². The molecule has 0 aromatic carbocycles. The van der Waals surface area contributed by atoms with Gasteiger partial charge < -0.3 is 19.9 Å². The summed E-state index contributed by atoms with van der Waals surface area (Å²) in [7, 11) is 0. The van der Waals surface area contributed by atoms with E-state index in [4.69, 9.17) is 4.74 Å². The molecule has 1 aromatic rings. The first-order valence-corrected chi connectivity index (χ1v) is 11.0. The van der Waals surface area contributed by atoms with Crippen LogP contribution >= 0.6 is 0 Å². The Kier molecular flexibility index (Phi) is 6.62. The Morgan fingerprint density at radius 2 is 1.54 bits per heavy atom. The fourth-order valence-corrected chi connectivity index (χ4v) is 4.55. The molecular weight excluding hydrogens is 354 g/mol. The number of nitrogens with one attached hydrogen (secondary N) is 1. The molecule has 154 valence electrons. The van der Waals surface area contributed by atoms with E-state index >= 15 is 0 Å². The Hall–Kier alpha value is -1.89. The summed E-state index contributed by atoms with van der Waals surface area (Å²) in [6.45, 7) is 4.96. The molecule has 3 heterocycles. The lowest BCUT2D eigenvalue weighted by atomic mass is 9.95. The normalized spacial score (nSPS) is 22.7. The number of aromatic nitrogens is 2. The second kappa shape index (κ2) is 9.54. The summed E-state index contributed by atoms with van der Waals surface area (Å²) in [5.74, 6) is 1.20. The standard InChI is InChI=1S/C21H33N5O2/c27-20(24-18-5-3-1-2-4-6-18)17-7-9-25(10-8-17)19-15-22-21(23-16-19)26-11-13-28-14-12-26/h15-18H,1-14H2,(H,24,27). The summed E-state index contributed by atoms with van der Waals surface area (Å²) >= 11 is 0. The zero-order chi connectivity index (χ0) is 19.2. The number of hydrogen-bond donors (Lipinski definition) is 1. The van der Waals surface area contributed by atoms with E-state index < -0.39 is 0 Å². The molecule has 28 heavy (non-hydrogen) atoms. The first kappa shape index (κ1) is 19.4. The van der Waals surface area contributed by atoms with Gasteiger partial charge in [-0.1, -0.05) is 25.7 Å². The fraction of sp³-hybridized carbons (Fsp3) is 0.762. The van der Waals surface area contributed by atoms with Crippen LogP contribution in [0.15, 0.2) is 12.4 Å². The summed E-state index contributed by atoms with van der Waals surface area (Å²) in [6, 6.07) is 0.397. The largest absolute Gasteiger partial charge is 0.378 e. The van der Waals surface area contributed by atoms with Crippen LogP contribution in [0.4, 0.5) is 11.6 Å². The van der Waals surface area contributed by atoms with Gasteiger partial charge in [-0.05, 0) is 25.7 Å². The van der Waals surface area contributed by atoms with E-state index in [1.807, 2.05) is 12.4 Å². The molecular formula is C21H33N5O2. The summed E-state index contributed by atoms with van der Waals surface area (Å²) in [5.41, 5.74) is 1.06. The van der Waals surface area contributed by atoms with E-state index in [1.165, 1.54) is 25.7 Å². The van der Waals surface area contributed by atoms with Crippen molar-refractivity contribution in [3.8, 4) is 0 Å². The Morgan fingerprint density at radius 1 is 0.893 bits per heavy atom. The minimum absolute atomic E-state index is 0.146. The number of morpholine rings is 1. The second-order valence-electron chi connectivity index (χ2n) is 8.30. The average molecular weight is 388 g/mol. The van der Waals surface area contributed by atoms with Crippen LogP contribution < -0.4 is 15.1 Å². The highest BCUT2D eigenvalue weighted by Crippen LogP contribution is 2.24. The van der Waals surface area contributed by atoms with Crippen LogP contribution in [0.3, 0.4) is 0 Å². The quantitative estimate of drug-likeness (QED) is 0.800. The molecule has 1 amide bonds. The summed E-state index contributed by atoms with van der Waals surface area (Å²) < 4.78 is 5.39. The number of carbonyl (C=O) groups is 1. The van der Waals surface area contributed by atoms with Gasteiger partial charge in [0.05, 0.1) is 31.3 Å². The average Bonchev–Trinajstić information content (AvgIpc) is 3.03. The molecule has 7 nitrogen and oxygen atoms in total. The number of anilines is 2. The second-order valence-corrected chi connectivity index (χ2v) is 8.30. The molecule has 2 saturated heterocycles. The maximum atomic E-state index is 12.7. The molecule has 0 radical (unpaired) electrons. The van der Waals surface area contributed by atoms with E-state index in [2.05, 4.69) is 25.1 Å². The Balaban J connectivity index is 1.25. The summed E-state index contributed by atoms with van der Waals surface area (Å²) in [5, 5.41) is 3.33. The first-order valence-electron chi connectivity index (χ1n) is 11.0. The third-order valence-corrected chi connectivity index (χ3v) is 6.35. The number of piperidine rings is 1. The molecule has 4 rings (SSSR count). The topological polar surface area (TPSA) is 70.6 Å². The number of carbonyl (C=O) groups excluding carboxylic acids is 1. The van der Waals surface area contributed by atoms with Crippen molar-refractivity contribution in [1.29, 1.82) is 0 Å². The van der Waals surface area contributed by atoms with Crippen molar-refractivity contribution in [1.82, 2.24) is 15.3 Å². The number of hydrogen-bond acceptors (Lipinski definition) is 6. The van der Waals surface area contributed by atoms with Crippen LogP contribution in [0.5, 0.6) is 0 Å². The van der Waals surface area contributed by atoms with E-state index in [1.54, 1.807) is 0 Å². The molecule has 2 aliphatic heterocycles. The first-order chi connectivity index (χ1) is 13.8. The van der Waals surface area contributed by atoms with E-state index in [0.717, 1.165) is 76.7 Å². The van der Waals surface area contributed by atoms with Crippen molar-refractivity contribution in [2.75, 3.05) is 49.2 Å². The van der Waals surface area contributed by atoms with Crippen LogP contribution in [0.25, 0.3) is 0 Å². The third-order valence-electron chi connectivity index (χ3n) is 6.35. The molecule has 0 atom stereocenters. The van der Waals surface area contributed by atoms with Gasteiger partial charge in [0.25, 0.3) is 0 Å². The highest BCUT2D eigenvalue weighted by molar-refractivity contribution is 5.79. The van der Waals surface area contributed by atoms with Crippen LogP contribution in [0, 0.1) is 5.92 Å². The van der Waals surface area contributed by atoms with E-state index in [0.29, 0.717) is 6.04 Å². The van der Waals surface area contributed by atoms with Crippen molar-refractivity contribution in [2.45, 2.75) is 57.4 Å². The SMILES string of the molecule is O=C(NC1CCCCCC1)C1CCN(c2cnc(N3CCOCC3)nc2)CC1. The molecule has 1 N–H and O–H groups in total. The molecule has 0 bridgehead atoms. The summed E-state index contributed by atoms with van der Waals surface area (Å²) in [6.07, 6.45) is 13.1. The lowest BCUT2D eigenvalue weighted by molar-refractivity contribution is -0.126. The lowest BCUT2D eigenvalue weighted by Crippen LogP contribution is -2.44. The number of rotatable bonds is 4. The highest BCUT2D eigenvalue weighted by Gasteiger charge is 2.27. The molecule has 7 heteroatoms. The van der Waals surface area contributed by atoms with Crippen LogP contribution in [0.2, 0.25) is 0 Å². The van der Waals surface area contributed by atoms with E-state index in [9.17, 15) is 4.79 Å². The van der Waals surface area contributed by atoms with Gasteiger partial charge in [-0.3, -0.25) is 4.79 Å².